The topological polar surface area (TPSA) is 38.0 Å². The second kappa shape index (κ2) is 7.53. The third-order valence-corrected chi connectivity index (χ3v) is 5.54. The Hall–Kier alpha value is -0.450. The predicted molar refractivity (Wildman–Crippen MR) is 84.7 cm³/mol. The van der Waals surface area contributed by atoms with Crippen molar-refractivity contribution in [2.24, 2.45) is 17.7 Å². The average molecular weight is 343 g/mol. The van der Waals surface area contributed by atoms with Gasteiger partial charge in [0, 0.05) is 6.04 Å². The molecule has 1 aromatic carbocycles. The van der Waals surface area contributed by atoms with Gasteiger partial charge in [0.05, 0.1) is 4.47 Å². The van der Waals surface area contributed by atoms with E-state index in [2.05, 4.69) is 28.3 Å². The zero-order chi connectivity index (χ0) is 14.5. The van der Waals surface area contributed by atoms with Crippen LogP contribution in [0.1, 0.15) is 44.6 Å². The Morgan fingerprint density at radius 3 is 2.95 bits per heavy atom. The van der Waals surface area contributed by atoms with E-state index in [9.17, 15) is 4.39 Å². The summed E-state index contributed by atoms with van der Waals surface area (Å²) in [6, 6.07) is 5.44. The molecule has 3 atom stereocenters. The summed E-state index contributed by atoms with van der Waals surface area (Å²) in [4.78, 5) is 0. The lowest BCUT2D eigenvalue weighted by molar-refractivity contribution is 0.208. The van der Waals surface area contributed by atoms with Crippen LogP contribution in [0.5, 0.6) is 0 Å². The van der Waals surface area contributed by atoms with Crippen molar-refractivity contribution in [3.63, 3.8) is 0 Å². The largest absolute Gasteiger partial charge is 0.271 e. The molecule has 3 unspecified atom stereocenters. The van der Waals surface area contributed by atoms with Crippen LogP contribution >= 0.6 is 15.9 Å². The fourth-order valence-electron chi connectivity index (χ4n) is 3.37. The van der Waals surface area contributed by atoms with Crippen molar-refractivity contribution in [2.75, 3.05) is 0 Å². The Morgan fingerprint density at radius 2 is 2.25 bits per heavy atom. The number of hydrazine groups is 1. The number of hydrogen-bond donors (Lipinski definition) is 2. The molecule has 2 rings (SSSR count). The first-order valence-corrected chi connectivity index (χ1v) is 8.34. The highest BCUT2D eigenvalue weighted by Gasteiger charge is 2.27. The van der Waals surface area contributed by atoms with Crippen LogP contribution in [0.2, 0.25) is 0 Å². The molecule has 0 spiro atoms. The standard InChI is InChI=1S/C16H24BrFN2/c1-2-11-5-3-6-12(9-11)15(20-19)10-13-7-4-8-14(18)16(13)17/h4,7-8,11-12,15,20H,2-3,5-6,9-10,19H2,1H3. The number of nitrogens with one attached hydrogen (secondary N) is 1. The number of hydrogen-bond acceptors (Lipinski definition) is 2. The minimum absolute atomic E-state index is 0.201. The first-order chi connectivity index (χ1) is 9.65. The predicted octanol–water partition coefficient (Wildman–Crippen LogP) is 4.18. The molecule has 112 valence electrons. The Morgan fingerprint density at radius 1 is 1.45 bits per heavy atom. The van der Waals surface area contributed by atoms with Crippen LogP contribution in [0.3, 0.4) is 0 Å². The summed E-state index contributed by atoms with van der Waals surface area (Å²) in [5, 5.41) is 0. The van der Waals surface area contributed by atoms with E-state index in [-0.39, 0.29) is 11.9 Å². The van der Waals surface area contributed by atoms with E-state index in [4.69, 9.17) is 5.84 Å². The molecule has 1 fully saturated rings. The molecule has 4 heteroatoms. The highest BCUT2D eigenvalue weighted by Crippen LogP contribution is 2.34. The lowest BCUT2D eigenvalue weighted by Crippen LogP contribution is -2.44. The number of nitrogens with two attached hydrogens (primary N) is 1. The van der Waals surface area contributed by atoms with Gasteiger partial charge in [-0.2, -0.15) is 0 Å². The smallest absolute Gasteiger partial charge is 0.137 e. The minimum atomic E-state index is -0.201. The molecule has 0 aromatic heterocycles. The molecule has 0 saturated heterocycles. The molecule has 0 heterocycles. The van der Waals surface area contributed by atoms with Crippen molar-refractivity contribution >= 4 is 15.9 Å². The third kappa shape index (κ3) is 3.80. The van der Waals surface area contributed by atoms with E-state index in [0.29, 0.717) is 10.4 Å². The second-order valence-electron chi connectivity index (χ2n) is 5.89. The van der Waals surface area contributed by atoms with Gasteiger partial charge in [0.2, 0.25) is 0 Å². The molecular formula is C16H24BrFN2. The summed E-state index contributed by atoms with van der Waals surface area (Å²) in [6.07, 6.45) is 7.10. The summed E-state index contributed by atoms with van der Waals surface area (Å²) in [5.74, 6) is 6.98. The monoisotopic (exact) mass is 342 g/mol. The van der Waals surface area contributed by atoms with Gasteiger partial charge in [0.1, 0.15) is 5.82 Å². The van der Waals surface area contributed by atoms with Crippen molar-refractivity contribution < 1.29 is 4.39 Å². The molecule has 0 aliphatic heterocycles. The molecular weight excluding hydrogens is 319 g/mol. The molecule has 1 aromatic rings. The molecule has 3 N–H and O–H groups in total. The molecule has 0 bridgehead atoms. The van der Waals surface area contributed by atoms with E-state index in [1.807, 2.05) is 6.07 Å². The van der Waals surface area contributed by atoms with Crippen LogP contribution in [-0.2, 0) is 6.42 Å². The highest BCUT2D eigenvalue weighted by molar-refractivity contribution is 9.10. The van der Waals surface area contributed by atoms with Gasteiger partial charge < -0.3 is 0 Å². The van der Waals surface area contributed by atoms with Gasteiger partial charge in [-0.3, -0.25) is 11.3 Å². The fourth-order valence-corrected chi connectivity index (χ4v) is 3.80. The van der Waals surface area contributed by atoms with E-state index >= 15 is 0 Å². The van der Waals surface area contributed by atoms with Crippen molar-refractivity contribution in [1.29, 1.82) is 0 Å². The van der Waals surface area contributed by atoms with Gasteiger partial charge in [-0.05, 0) is 58.7 Å². The zero-order valence-corrected chi connectivity index (χ0v) is 13.6. The van der Waals surface area contributed by atoms with Crippen molar-refractivity contribution in [3.05, 3.63) is 34.1 Å². The number of benzene rings is 1. The number of halogens is 2. The van der Waals surface area contributed by atoms with Crippen LogP contribution in [0.25, 0.3) is 0 Å². The SMILES string of the molecule is CCC1CCCC(C(Cc2cccc(F)c2Br)NN)C1. The molecule has 1 aliphatic rings. The lowest BCUT2D eigenvalue weighted by atomic mass is 9.75. The summed E-state index contributed by atoms with van der Waals surface area (Å²) in [5.41, 5.74) is 3.96. The van der Waals surface area contributed by atoms with Crippen molar-refractivity contribution in [1.82, 2.24) is 5.43 Å². The summed E-state index contributed by atoms with van der Waals surface area (Å²) in [6.45, 7) is 2.26. The molecule has 0 amide bonds. The van der Waals surface area contributed by atoms with E-state index in [1.54, 1.807) is 6.07 Å². The van der Waals surface area contributed by atoms with Crippen LogP contribution in [0, 0.1) is 17.7 Å². The fraction of sp³-hybridized carbons (Fsp3) is 0.625. The maximum atomic E-state index is 13.6. The molecule has 2 nitrogen and oxygen atoms in total. The van der Waals surface area contributed by atoms with Gasteiger partial charge >= 0.3 is 0 Å². The molecule has 1 aliphatic carbocycles. The highest BCUT2D eigenvalue weighted by atomic mass is 79.9. The summed E-state index contributed by atoms with van der Waals surface area (Å²) >= 11 is 3.34. The second-order valence-corrected chi connectivity index (χ2v) is 6.68. The van der Waals surface area contributed by atoms with Gasteiger partial charge in [0.15, 0.2) is 0 Å². The van der Waals surface area contributed by atoms with Crippen molar-refractivity contribution in [2.45, 2.75) is 51.5 Å². The molecule has 20 heavy (non-hydrogen) atoms. The maximum absolute atomic E-state index is 13.6. The maximum Gasteiger partial charge on any atom is 0.137 e. The van der Waals surface area contributed by atoms with E-state index < -0.39 is 0 Å². The van der Waals surface area contributed by atoms with Crippen molar-refractivity contribution in [3.8, 4) is 0 Å². The molecule has 0 radical (unpaired) electrons. The number of rotatable bonds is 5. The first kappa shape index (κ1) is 15.9. The third-order valence-electron chi connectivity index (χ3n) is 4.66. The van der Waals surface area contributed by atoms with Crippen LogP contribution < -0.4 is 11.3 Å². The zero-order valence-electron chi connectivity index (χ0n) is 12.0. The Bertz CT molecular complexity index is 438. The van der Waals surface area contributed by atoms with E-state index in [0.717, 1.165) is 17.9 Å². The van der Waals surface area contributed by atoms with Crippen LogP contribution in [0.15, 0.2) is 22.7 Å². The average Bonchev–Trinajstić information content (AvgIpc) is 2.49. The minimum Gasteiger partial charge on any atom is -0.271 e. The van der Waals surface area contributed by atoms with Crippen LogP contribution in [-0.4, -0.2) is 6.04 Å². The quantitative estimate of drug-likeness (QED) is 0.622. The molecule has 1 saturated carbocycles. The Balaban J connectivity index is 2.06. The summed E-state index contributed by atoms with van der Waals surface area (Å²) in [7, 11) is 0. The van der Waals surface area contributed by atoms with Gasteiger partial charge in [-0.25, -0.2) is 4.39 Å². The Labute approximate surface area is 129 Å². The van der Waals surface area contributed by atoms with Gasteiger partial charge in [0.25, 0.3) is 0 Å². The normalized spacial score (nSPS) is 24.6. The van der Waals surface area contributed by atoms with Gasteiger partial charge in [-0.15, -0.1) is 0 Å². The Kier molecular flexibility index (Phi) is 6.00. The first-order valence-electron chi connectivity index (χ1n) is 7.54. The van der Waals surface area contributed by atoms with Gasteiger partial charge in [-0.1, -0.05) is 38.3 Å². The van der Waals surface area contributed by atoms with E-state index in [1.165, 1.54) is 38.2 Å². The summed E-state index contributed by atoms with van der Waals surface area (Å²) < 4.78 is 14.2. The van der Waals surface area contributed by atoms with Crippen LogP contribution in [0.4, 0.5) is 4.39 Å². The lowest BCUT2D eigenvalue weighted by Gasteiger charge is -2.34.